The van der Waals surface area contributed by atoms with Gasteiger partial charge >= 0.3 is 0 Å². The molecule has 1 aromatic carbocycles. The van der Waals surface area contributed by atoms with Gasteiger partial charge in [-0.2, -0.15) is 0 Å². The molecule has 0 radical (unpaired) electrons. The Morgan fingerprint density at radius 3 is 2.48 bits per heavy atom. The van der Waals surface area contributed by atoms with Crippen LogP contribution in [0.25, 0.3) is 0 Å². The molecule has 0 aromatic heterocycles. The predicted octanol–water partition coefficient (Wildman–Crippen LogP) is 4.00. The molecule has 1 atom stereocenters. The average molecular weight is 360 g/mol. The number of hydrogen-bond acceptors (Lipinski definition) is 3. The summed E-state index contributed by atoms with van der Waals surface area (Å²) in [5.41, 5.74) is 0.867. The van der Waals surface area contributed by atoms with Crippen molar-refractivity contribution in [2.24, 2.45) is 5.92 Å². The van der Waals surface area contributed by atoms with Crippen molar-refractivity contribution in [1.29, 1.82) is 0 Å². The average Bonchev–Trinajstić information content (AvgIpc) is 2.89. The highest BCUT2D eigenvalue weighted by Crippen LogP contribution is 2.30. The first kappa shape index (κ1) is 18.5. The quantitative estimate of drug-likeness (QED) is 0.834. The monoisotopic (exact) mass is 359 g/mol. The molecule has 2 rings (SSSR count). The summed E-state index contributed by atoms with van der Waals surface area (Å²) in [6, 6.07) is 5.34. The lowest BCUT2D eigenvalue weighted by Crippen LogP contribution is -2.37. The molecule has 1 fully saturated rings. The van der Waals surface area contributed by atoms with E-state index >= 15 is 0 Å². The first-order valence-electron chi connectivity index (χ1n) is 7.83. The number of carbonyl (C=O) groups is 1. The highest BCUT2D eigenvalue weighted by atomic mass is 35.5. The van der Waals surface area contributed by atoms with Gasteiger partial charge in [0.05, 0.1) is 29.2 Å². The van der Waals surface area contributed by atoms with Crippen LogP contribution < -0.4 is 5.32 Å². The number of hydrogen-bond donors (Lipinski definition) is 1. The first-order chi connectivity index (χ1) is 10.8. The summed E-state index contributed by atoms with van der Waals surface area (Å²) in [5, 5.41) is 3.92. The summed E-state index contributed by atoms with van der Waals surface area (Å²) >= 11 is 12.0. The van der Waals surface area contributed by atoms with Crippen LogP contribution >= 0.6 is 23.2 Å². The molecule has 1 heterocycles. The van der Waals surface area contributed by atoms with Gasteiger partial charge in [0.25, 0.3) is 0 Å². The van der Waals surface area contributed by atoms with Crippen LogP contribution in [0.3, 0.4) is 0 Å². The second-order valence-corrected chi connectivity index (χ2v) is 7.08. The Morgan fingerprint density at radius 2 is 1.91 bits per heavy atom. The summed E-state index contributed by atoms with van der Waals surface area (Å²) in [5.74, 6) is -0.755. The summed E-state index contributed by atoms with van der Waals surface area (Å²) in [4.78, 5) is 12.6. The van der Waals surface area contributed by atoms with Crippen molar-refractivity contribution in [2.75, 3.05) is 19.8 Å². The lowest BCUT2D eigenvalue weighted by molar-refractivity contribution is -0.146. The maximum absolute atomic E-state index is 12.6. The summed E-state index contributed by atoms with van der Waals surface area (Å²) < 4.78 is 11.1. The maximum atomic E-state index is 12.6. The second-order valence-electron chi connectivity index (χ2n) is 6.27. The number of ether oxygens (including phenoxy) is 2. The van der Waals surface area contributed by atoms with Gasteiger partial charge in [-0.05, 0) is 30.5 Å². The van der Waals surface area contributed by atoms with Crippen molar-refractivity contribution >= 4 is 29.1 Å². The van der Waals surface area contributed by atoms with Crippen LogP contribution in [0.15, 0.2) is 18.2 Å². The standard InChI is InChI=1S/C17H23Cl2NO3/c1-11(2)15(12-4-5-13(18)14(19)10-12)16(21)20-7-6-17(3)22-8-9-23-17/h4-5,10-11,15H,6-9H2,1-3H3,(H,20,21). The van der Waals surface area contributed by atoms with E-state index in [2.05, 4.69) is 5.32 Å². The Morgan fingerprint density at radius 1 is 1.26 bits per heavy atom. The topological polar surface area (TPSA) is 47.6 Å². The summed E-state index contributed by atoms with van der Waals surface area (Å²) in [6.45, 7) is 7.62. The fraction of sp³-hybridized carbons (Fsp3) is 0.588. The SMILES string of the molecule is CC(C)C(C(=O)NCCC1(C)OCCO1)c1ccc(Cl)c(Cl)c1. The number of amides is 1. The molecule has 4 nitrogen and oxygen atoms in total. The molecule has 0 bridgehead atoms. The van der Waals surface area contributed by atoms with E-state index in [4.69, 9.17) is 32.7 Å². The van der Waals surface area contributed by atoms with Crippen LogP contribution in [0.4, 0.5) is 0 Å². The molecule has 0 spiro atoms. The Balaban J connectivity index is 1.99. The van der Waals surface area contributed by atoms with Crippen molar-refractivity contribution in [3.05, 3.63) is 33.8 Å². The third-order valence-electron chi connectivity index (χ3n) is 4.03. The van der Waals surface area contributed by atoms with Gasteiger partial charge in [0.2, 0.25) is 5.91 Å². The molecule has 1 amide bonds. The summed E-state index contributed by atoms with van der Waals surface area (Å²) in [6.07, 6.45) is 0.616. The molecule has 1 N–H and O–H groups in total. The normalized spacial score (nSPS) is 18.2. The van der Waals surface area contributed by atoms with Gasteiger partial charge in [-0.1, -0.05) is 43.1 Å². The van der Waals surface area contributed by atoms with E-state index in [0.29, 0.717) is 36.2 Å². The number of rotatable bonds is 6. The van der Waals surface area contributed by atoms with Crippen molar-refractivity contribution in [1.82, 2.24) is 5.32 Å². The Hall–Kier alpha value is -0.810. The Labute approximate surface area is 147 Å². The Kier molecular flexibility index (Phi) is 6.32. The van der Waals surface area contributed by atoms with Crippen molar-refractivity contribution in [3.8, 4) is 0 Å². The lowest BCUT2D eigenvalue weighted by atomic mass is 9.87. The van der Waals surface area contributed by atoms with Gasteiger partial charge in [-0.15, -0.1) is 0 Å². The van der Waals surface area contributed by atoms with E-state index in [-0.39, 0.29) is 17.7 Å². The zero-order valence-corrected chi connectivity index (χ0v) is 15.2. The number of benzene rings is 1. The molecule has 0 aliphatic carbocycles. The smallest absolute Gasteiger partial charge is 0.227 e. The van der Waals surface area contributed by atoms with Gasteiger partial charge in [0, 0.05) is 13.0 Å². The fourth-order valence-electron chi connectivity index (χ4n) is 2.77. The fourth-order valence-corrected chi connectivity index (χ4v) is 3.08. The predicted molar refractivity (Wildman–Crippen MR) is 92.0 cm³/mol. The maximum Gasteiger partial charge on any atom is 0.227 e. The summed E-state index contributed by atoms with van der Waals surface area (Å²) in [7, 11) is 0. The van der Waals surface area contributed by atoms with E-state index in [1.54, 1.807) is 12.1 Å². The molecule has 0 saturated carbocycles. The lowest BCUT2D eigenvalue weighted by Gasteiger charge is -2.24. The molecular weight excluding hydrogens is 337 g/mol. The molecule has 1 aromatic rings. The zero-order valence-electron chi connectivity index (χ0n) is 13.7. The van der Waals surface area contributed by atoms with Crippen molar-refractivity contribution < 1.29 is 14.3 Å². The van der Waals surface area contributed by atoms with Crippen molar-refractivity contribution in [2.45, 2.75) is 38.9 Å². The van der Waals surface area contributed by atoms with Gasteiger partial charge in [-0.25, -0.2) is 0 Å². The molecule has 23 heavy (non-hydrogen) atoms. The minimum atomic E-state index is -0.593. The largest absolute Gasteiger partial charge is 0.355 e. The minimum absolute atomic E-state index is 0.0278. The zero-order chi connectivity index (χ0) is 17.0. The molecule has 6 heteroatoms. The van der Waals surface area contributed by atoms with Gasteiger partial charge in [0.15, 0.2) is 5.79 Å². The van der Waals surface area contributed by atoms with Gasteiger partial charge in [0.1, 0.15) is 0 Å². The third kappa shape index (κ3) is 4.83. The second kappa shape index (κ2) is 7.84. The highest BCUT2D eigenvalue weighted by molar-refractivity contribution is 6.42. The molecular formula is C17H23Cl2NO3. The molecule has 1 aliphatic heterocycles. The molecule has 128 valence electrons. The van der Waals surface area contributed by atoms with Gasteiger partial charge in [-0.3, -0.25) is 4.79 Å². The Bertz CT molecular complexity index is 557. The van der Waals surface area contributed by atoms with Crippen LogP contribution in [-0.2, 0) is 14.3 Å². The van der Waals surface area contributed by atoms with Crippen LogP contribution in [0.2, 0.25) is 10.0 Å². The van der Waals surface area contributed by atoms with E-state index in [0.717, 1.165) is 5.56 Å². The number of carbonyl (C=O) groups excluding carboxylic acids is 1. The van der Waals surface area contributed by atoms with E-state index < -0.39 is 5.79 Å². The number of nitrogens with one attached hydrogen (secondary N) is 1. The van der Waals surface area contributed by atoms with Crippen molar-refractivity contribution in [3.63, 3.8) is 0 Å². The molecule has 1 saturated heterocycles. The van der Waals surface area contributed by atoms with Crippen LogP contribution in [0.1, 0.15) is 38.7 Å². The van der Waals surface area contributed by atoms with Crippen LogP contribution in [0, 0.1) is 5.92 Å². The van der Waals surface area contributed by atoms with E-state index in [1.807, 2.05) is 26.8 Å². The van der Waals surface area contributed by atoms with Crippen LogP contribution in [0.5, 0.6) is 0 Å². The first-order valence-corrected chi connectivity index (χ1v) is 8.58. The van der Waals surface area contributed by atoms with Crippen LogP contribution in [-0.4, -0.2) is 31.5 Å². The van der Waals surface area contributed by atoms with Gasteiger partial charge < -0.3 is 14.8 Å². The van der Waals surface area contributed by atoms with E-state index in [1.165, 1.54) is 0 Å². The highest BCUT2D eigenvalue weighted by Gasteiger charge is 2.31. The third-order valence-corrected chi connectivity index (χ3v) is 4.77. The molecule has 1 unspecified atom stereocenters. The van der Waals surface area contributed by atoms with E-state index in [9.17, 15) is 4.79 Å². The molecule has 1 aliphatic rings. The number of halogens is 2. The minimum Gasteiger partial charge on any atom is -0.355 e.